The van der Waals surface area contributed by atoms with Crippen LogP contribution in [0.1, 0.15) is 36.9 Å². The molecule has 210 valence electrons. The van der Waals surface area contributed by atoms with E-state index in [0.29, 0.717) is 18.0 Å². The number of carbonyl (C=O) groups is 2. The number of rotatable bonds is 7. The van der Waals surface area contributed by atoms with E-state index in [1.54, 1.807) is 42.5 Å². The summed E-state index contributed by atoms with van der Waals surface area (Å²) in [6, 6.07) is 21.4. The summed E-state index contributed by atoms with van der Waals surface area (Å²) in [6.07, 6.45) is 2.64. The van der Waals surface area contributed by atoms with Gasteiger partial charge in [-0.25, -0.2) is 13.2 Å². The molecule has 2 unspecified atom stereocenters. The van der Waals surface area contributed by atoms with Crippen molar-refractivity contribution in [2.75, 3.05) is 31.6 Å². The molecular weight excluding hydrogens is 528 g/mol. The summed E-state index contributed by atoms with van der Waals surface area (Å²) < 4.78 is 34.0. The average Bonchev–Trinajstić information content (AvgIpc) is 2.98. The molecule has 5 rings (SSSR count). The quantitative estimate of drug-likeness (QED) is 0.449. The largest absolute Gasteiger partial charge is 0.494 e. The molecule has 1 fully saturated rings. The summed E-state index contributed by atoms with van der Waals surface area (Å²) in [5.41, 5.74) is 2.82. The number of benzene rings is 3. The zero-order valence-corrected chi connectivity index (χ0v) is 23.3. The molecule has 3 aromatic carbocycles. The molecule has 2 aliphatic rings. The number of aryl methyl sites for hydroxylation is 1. The summed E-state index contributed by atoms with van der Waals surface area (Å²) in [5.74, 6) is 0.279. The second-order valence-corrected chi connectivity index (χ2v) is 11.8. The SMILES string of the molecule is CCOc1ccc(NC(=O)N2CCN(S(=O)(=O)c3ccccc3)C(C(=O)NC3CCCc4ccccc43)C2)cc1. The lowest BCUT2D eigenvalue weighted by Crippen LogP contribution is -2.62. The van der Waals surface area contributed by atoms with Gasteiger partial charge < -0.3 is 20.3 Å². The zero-order chi connectivity index (χ0) is 28.1. The van der Waals surface area contributed by atoms with Crippen molar-refractivity contribution in [2.45, 2.75) is 43.2 Å². The maximum Gasteiger partial charge on any atom is 0.321 e. The Morgan fingerprint density at radius 1 is 0.950 bits per heavy atom. The summed E-state index contributed by atoms with van der Waals surface area (Å²) in [7, 11) is -3.98. The maximum absolute atomic E-state index is 13.8. The molecule has 2 atom stereocenters. The van der Waals surface area contributed by atoms with Crippen LogP contribution in [0.2, 0.25) is 0 Å². The van der Waals surface area contributed by atoms with Gasteiger partial charge in [-0.2, -0.15) is 4.31 Å². The molecule has 0 spiro atoms. The maximum atomic E-state index is 13.8. The number of piperazine rings is 1. The number of fused-ring (bicyclic) bond motifs is 1. The fourth-order valence-electron chi connectivity index (χ4n) is 5.36. The molecule has 2 N–H and O–H groups in total. The van der Waals surface area contributed by atoms with Gasteiger partial charge in [0.15, 0.2) is 0 Å². The Bertz CT molecular complexity index is 1450. The molecule has 0 saturated carbocycles. The second-order valence-electron chi connectivity index (χ2n) is 9.93. The standard InChI is InChI=1S/C30H34N4O5S/c1-2-39-24-17-15-23(16-18-24)31-30(36)33-19-20-34(40(37,38)25-11-4-3-5-12-25)28(21-33)29(35)32-27-14-8-10-22-9-6-7-13-26(22)27/h3-7,9,11-13,15-18,27-28H,2,8,10,14,19-21H2,1H3,(H,31,36)(H,32,35). The van der Waals surface area contributed by atoms with Gasteiger partial charge in [-0.3, -0.25) is 4.79 Å². The second kappa shape index (κ2) is 12.1. The monoisotopic (exact) mass is 562 g/mol. The van der Waals surface area contributed by atoms with Crippen molar-refractivity contribution in [3.05, 3.63) is 90.0 Å². The van der Waals surface area contributed by atoms with Crippen LogP contribution >= 0.6 is 0 Å². The van der Waals surface area contributed by atoms with Gasteiger partial charge in [0, 0.05) is 25.3 Å². The predicted molar refractivity (Wildman–Crippen MR) is 153 cm³/mol. The molecule has 1 heterocycles. The molecule has 0 aromatic heterocycles. The molecule has 3 aromatic rings. The molecule has 1 saturated heterocycles. The number of carbonyl (C=O) groups excluding carboxylic acids is 2. The highest BCUT2D eigenvalue weighted by Crippen LogP contribution is 2.30. The minimum absolute atomic E-state index is 0.00668. The van der Waals surface area contributed by atoms with Crippen LogP contribution in [0.15, 0.2) is 83.8 Å². The minimum Gasteiger partial charge on any atom is -0.494 e. The first kappa shape index (κ1) is 27.7. The van der Waals surface area contributed by atoms with Crippen molar-refractivity contribution in [1.82, 2.24) is 14.5 Å². The van der Waals surface area contributed by atoms with Gasteiger partial charge in [-0.1, -0.05) is 42.5 Å². The number of urea groups is 1. The summed E-state index contributed by atoms with van der Waals surface area (Å²) in [5, 5.41) is 5.96. The number of nitrogens with one attached hydrogen (secondary N) is 2. The van der Waals surface area contributed by atoms with Crippen LogP contribution in [-0.4, -0.2) is 61.8 Å². The summed E-state index contributed by atoms with van der Waals surface area (Å²) in [6.45, 7) is 2.50. The van der Waals surface area contributed by atoms with Gasteiger partial charge in [0.25, 0.3) is 0 Å². The van der Waals surface area contributed by atoms with Crippen molar-refractivity contribution in [3.63, 3.8) is 0 Å². The highest BCUT2D eigenvalue weighted by atomic mass is 32.2. The van der Waals surface area contributed by atoms with E-state index in [2.05, 4.69) is 16.7 Å². The van der Waals surface area contributed by atoms with Gasteiger partial charge in [-0.15, -0.1) is 0 Å². The fraction of sp³-hybridized carbons (Fsp3) is 0.333. The Balaban J connectivity index is 1.37. The fourth-order valence-corrected chi connectivity index (χ4v) is 6.95. The van der Waals surface area contributed by atoms with Crippen molar-refractivity contribution < 1.29 is 22.7 Å². The van der Waals surface area contributed by atoms with Gasteiger partial charge >= 0.3 is 6.03 Å². The first-order valence-corrected chi connectivity index (χ1v) is 15.0. The van der Waals surface area contributed by atoms with Crippen molar-refractivity contribution in [3.8, 4) is 5.75 Å². The molecule has 40 heavy (non-hydrogen) atoms. The molecule has 1 aliphatic heterocycles. The lowest BCUT2D eigenvalue weighted by Gasteiger charge is -2.40. The van der Waals surface area contributed by atoms with E-state index in [-0.39, 0.29) is 30.6 Å². The van der Waals surface area contributed by atoms with E-state index in [1.807, 2.05) is 25.1 Å². The number of amides is 3. The lowest BCUT2D eigenvalue weighted by molar-refractivity contribution is -0.127. The van der Waals surface area contributed by atoms with Crippen LogP contribution in [0.3, 0.4) is 0 Å². The minimum atomic E-state index is -3.98. The lowest BCUT2D eigenvalue weighted by atomic mass is 9.87. The van der Waals surface area contributed by atoms with Crippen LogP contribution in [0, 0.1) is 0 Å². The number of sulfonamides is 1. The van der Waals surface area contributed by atoms with E-state index in [1.165, 1.54) is 26.9 Å². The zero-order valence-electron chi connectivity index (χ0n) is 22.5. The van der Waals surface area contributed by atoms with Crippen LogP contribution in [0.4, 0.5) is 10.5 Å². The van der Waals surface area contributed by atoms with Crippen LogP contribution in [0.25, 0.3) is 0 Å². The Kier molecular flexibility index (Phi) is 8.37. The third kappa shape index (κ3) is 5.97. The first-order chi connectivity index (χ1) is 19.4. The molecular formula is C30H34N4O5S. The number of hydrogen-bond acceptors (Lipinski definition) is 5. The Labute approximate surface area is 235 Å². The normalized spacial score (nSPS) is 19.4. The van der Waals surface area contributed by atoms with E-state index in [4.69, 9.17) is 4.74 Å². The van der Waals surface area contributed by atoms with Gasteiger partial charge in [0.2, 0.25) is 15.9 Å². The smallest absolute Gasteiger partial charge is 0.321 e. The topological polar surface area (TPSA) is 108 Å². The van der Waals surface area contributed by atoms with E-state index in [0.717, 1.165) is 24.8 Å². The highest BCUT2D eigenvalue weighted by Gasteiger charge is 2.42. The molecule has 1 aliphatic carbocycles. The van der Waals surface area contributed by atoms with Gasteiger partial charge in [0.1, 0.15) is 11.8 Å². The van der Waals surface area contributed by atoms with Crippen molar-refractivity contribution >= 4 is 27.6 Å². The van der Waals surface area contributed by atoms with Crippen molar-refractivity contribution in [2.24, 2.45) is 0 Å². The molecule has 10 heteroatoms. The van der Waals surface area contributed by atoms with E-state index < -0.39 is 28.0 Å². The third-order valence-electron chi connectivity index (χ3n) is 7.37. The van der Waals surface area contributed by atoms with Gasteiger partial charge in [-0.05, 0) is 73.7 Å². The van der Waals surface area contributed by atoms with Crippen LogP contribution in [0.5, 0.6) is 5.75 Å². The van der Waals surface area contributed by atoms with Crippen LogP contribution in [-0.2, 0) is 21.2 Å². The molecule has 3 amide bonds. The number of nitrogens with zero attached hydrogens (tertiary/aromatic N) is 2. The summed E-state index contributed by atoms with van der Waals surface area (Å²) in [4.78, 5) is 28.6. The van der Waals surface area contributed by atoms with E-state index in [9.17, 15) is 18.0 Å². The summed E-state index contributed by atoms with van der Waals surface area (Å²) >= 11 is 0. The van der Waals surface area contributed by atoms with Crippen LogP contribution < -0.4 is 15.4 Å². The predicted octanol–water partition coefficient (Wildman–Crippen LogP) is 4.19. The Morgan fingerprint density at radius 3 is 2.42 bits per heavy atom. The van der Waals surface area contributed by atoms with E-state index >= 15 is 0 Å². The number of anilines is 1. The average molecular weight is 563 g/mol. The van der Waals surface area contributed by atoms with Crippen molar-refractivity contribution in [1.29, 1.82) is 0 Å². The Morgan fingerprint density at radius 2 is 1.68 bits per heavy atom. The number of ether oxygens (including phenoxy) is 1. The molecule has 0 bridgehead atoms. The molecule has 9 nitrogen and oxygen atoms in total. The first-order valence-electron chi connectivity index (χ1n) is 13.6. The highest BCUT2D eigenvalue weighted by molar-refractivity contribution is 7.89. The molecule has 0 radical (unpaired) electrons. The third-order valence-corrected chi connectivity index (χ3v) is 9.30. The Hall–Kier alpha value is -3.89. The number of hydrogen-bond donors (Lipinski definition) is 2. The van der Waals surface area contributed by atoms with Gasteiger partial charge in [0.05, 0.1) is 17.5 Å².